The highest BCUT2D eigenvalue weighted by atomic mass is 15.3. The first kappa shape index (κ1) is 17.2. The average molecular weight is 300 g/mol. The minimum atomic E-state index is 0.802. The standard InChI is InChI=1S/C20H32N2/c1-18(2)8-7-9-19(3)16-21-12-14-22(15-13-21)17-20-10-5-4-6-11-20/h4-6,8,10-11,19H,7,9,12-17H2,1-3H3. The van der Waals surface area contributed by atoms with Gasteiger partial charge in [-0.2, -0.15) is 0 Å². The molecule has 1 unspecified atom stereocenters. The Kier molecular flexibility index (Phi) is 7.14. The first-order valence-corrected chi connectivity index (χ1v) is 8.75. The molecule has 0 N–H and O–H groups in total. The van der Waals surface area contributed by atoms with Crippen molar-refractivity contribution >= 4 is 0 Å². The molecular weight excluding hydrogens is 268 g/mol. The lowest BCUT2D eigenvalue weighted by molar-refractivity contribution is 0.114. The molecule has 0 spiro atoms. The normalized spacial score (nSPS) is 18.1. The molecule has 1 atom stereocenters. The summed E-state index contributed by atoms with van der Waals surface area (Å²) in [5, 5.41) is 0. The van der Waals surface area contributed by atoms with Gasteiger partial charge in [0.2, 0.25) is 0 Å². The summed E-state index contributed by atoms with van der Waals surface area (Å²) >= 11 is 0. The molecule has 2 rings (SSSR count). The van der Waals surface area contributed by atoms with E-state index in [9.17, 15) is 0 Å². The van der Waals surface area contributed by atoms with Crippen molar-refractivity contribution in [1.82, 2.24) is 9.80 Å². The van der Waals surface area contributed by atoms with Gasteiger partial charge in [-0.3, -0.25) is 4.90 Å². The quantitative estimate of drug-likeness (QED) is 0.697. The van der Waals surface area contributed by atoms with Crippen molar-refractivity contribution in [3.8, 4) is 0 Å². The van der Waals surface area contributed by atoms with Gasteiger partial charge in [0.15, 0.2) is 0 Å². The average Bonchev–Trinajstić information content (AvgIpc) is 2.50. The summed E-state index contributed by atoms with van der Waals surface area (Å²) in [5.41, 5.74) is 2.88. The molecule has 0 radical (unpaired) electrons. The molecule has 1 heterocycles. The number of hydrogen-bond acceptors (Lipinski definition) is 2. The summed E-state index contributed by atoms with van der Waals surface area (Å²) in [5.74, 6) is 0.802. The van der Waals surface area contributed by atoms with Crippen LogP contribution in [0.3, 0.4) is 0 Å². The van der Waals surface area contributed by atoms with Crippen LogP contribution < -0.4 is 0 Å². The molecule has 1 fully saturated rings. The molecule has 1 aromatic rings. The van der Waals surface area contributed by atoms with Gasteiger partial charge >= 0.3 is 0 Å². The Morgan fingerprint density at radius 2 is 1.68 bits per heavy atom. The predicted octanol–water partition coefficient (Wildman–Crippen LogP) is 4.19. The third-order valence-corrected chi connectivity index (χ3v) is 4.50. The van der Waals surface area contributed by atoms with Crippen molar-refractivity contribution in [2.24, 2.45) is 5.92 Å². The molecule has 1 aromatic carbocycles. The Morgan fingerprint density at radius 3 is 2.32 bits per heavy atom. The Morgan fingerprint density at radius 1 is 1.05 bits per heavy atom. The van der Waals surface area contributed by atoms with Crippen LogP contribution in [0.2, 0.25) is 0 Å². The minimum Gasteiger partial charge on any atom is -0.301 e. The van der Waals surface area contributed by atoms with Crippen LogP contribution in [-0.4, -0.2) is 42.5 Å². The van der Waals surface area contributed by atoms with E-state index in [0.717, 1.165) is 12.5 Å². The summed E-state index contributed by atoms with van der Waals surface area (Å²) in [7, 11) is 0. The van der Waals surface area contributed by atoms with E-state index >= 15 is 0 Å². The van der Waals surface area contributed by atoms with Gasteiger partial charge in [0.1, 0.15) is 0 Å². The van der Waals surface area contributed by atoms with E-state index in [1.165, 1.54) is 56.7 Å². The lowest BCUT2D eigenvalue weighted by atomic mass is 10.0. The maximum atomic E-state index is 2.65. The molecule has 0 amide bonds. The van der Waals surface area contributed by atoms with E-state index in [2.05, 4.69) is 67.0 Å². The molecular formula is C20H32N2. The van der Waals surface area contributed by atoms with Crippen LogP contribution in [-0.2, 0) is 6.54 Å². The van der Waals surface area contributed by atoms with Crippen molar-refractivity contribution in [2.75, 3.05) is 32.7 Å². The Labute approximate surface area is 136 Å². The van der Waals surface area contributed by atoms with Crippen LogP contribution in [0.5, 0.6) is 0 Å². The van der Waals surface area contributed by atoms with Gasteiger partial charge in [-0.15, -0.1) is 0 Å². The molecule has 22 heavy (non-hydrogen) atoms. The van der Waals surface area contributed by atoms with E-state index in [0.29, 0.717) is 0 Å². The zero-order valence-corrected chi connectivity index (χ0v) is 14.6. The number of nitrogens with zero attached hydrogens (tertiary/aromatic N) is 2. The van der Waals surface area contributed by atoms with Crippen LogP contribution in [0.25, 0.3) is 0 Å². The van der Waals surface area contributed by atoms with Crippen molar-refractivity contribution in [2.45, 2.75) is 40.2 Å². The predicted molar refractivity (Wildman–Crippen MR) is 96.0 cm³/mol. The lowest BCUT2D eigenvalue weighted by Crippen LogP contribution is -2.47. The highest BCUT2D eigenvalue weighted by molar-refractivity contribution is 5.14. The summed E-state index contributed by atoms with van der Waals surface area (Å²) in [6.45, 7) is 14.0. The Hall–Kier alpha value is -1.12. The molecule has 1 saturated heterocycles. The summed E-state index contributed by atoms with van der Waals surface area (Å²) in [6, 6.07) is 10.8. The summed E-state index contributed by atoms with van der Waals surface area (Å²) in [6.07, 6.45) is 4.92. The zero-order chi connectivity index (χ0) is 15.8. The van der Waals surface area contributed by atoms with Gasteiger partial charge in [0, 0.05) is 39.3 Å². The van der Waals surface area contributed by atoms with Crippen molar-refractivity contribution < 1.29 is 0 Å². The number of piperazine rings is 1. The Balaban J connectivity index is 1.65. The number of hydrogen-bond donors (Lipinski definition) is 0. The molecule has 0 saturated carbocycles. The van der Waals surface area contributed by atoms with Gasteiger partial charge < -0.3 is 4.90 Å². The highest BCUT2D eigenvalue weighted by Crippen LogP contribution is 2.13. The number of allylic oxidation sites excluding steroid dienone is 2. The molecule has 0 bridgehead atoms. The zero-order valence-electron chi connectivity index (χ0n) is 14.6. The molecule has 1 aliphatic heterocycles. The van der Waals surface area contributed by atoms with E-state index in [1.54, 1.807) is 0 Å². The smallest absolute Gasteiger partial charge is 0.0234 e. The van der Waals surface area contributed by atoms with Gasteiger partial charge in [0.25, 0.3) is 0 Å². The van der Waals surface area contributed by atoms with E-state index in [4.69, 9.17) is 0 Å². The monoisotopic (exact) mass is 300 g/mol. The van der Waals surface area contributed by atoms with Gasteiger partial charge in [-0.05, 0) is 38.2 Å². The third-order valence-electron chi connectivity index (χ3n) is 4.50. The lowest BCUT2D eigenvalue weighted by Gasteiger charge is -2.36. The fraction of sp³-hybridized carbons (Fsp3) is 0.600. The number of rotatable bonds is 7. The molecule has 1 aliphatic rings. The van der Waals surface area contributed by atoms with Crippen LogP contribution >= 0.6 is 0 Å². The second kappa shape index (κ2) is 9.12. The number of benzene rings is 1. The summed E-state index contributed by atoms with van der Waals surface area (Å²) < 4.78 is 0. The van der Waals surface area contributed by atoms with Gasteiger partial charge in [-0.25, -0.2) is 0 Å². The largest absolute Gasteiger partial charge is 0.301 e. The Bertz CT molecular complexity index is 440. The molecule has 0 aromatic heterocycles. The van der Waals surface area contributed by atoms with E-state index in [-0.39, 0.29) is 0 Å². The van der Waals surface area contributed by atoms with Gasteiger partial charge in [0.05, 0.1) is 0 Å². The van der Waals surface area contributed by atoms with Crippen LogP contribution in [0.4, 0.5) is 0 Å². The van der Waals surface area contributed by atoms with Crippen molar-refractivity contribution in [3.05, 3.63) is 47.5 Å². The van der Waals surface area contributed by atoms with Crippen LogP contribution in [0, 0.1) is 5.92 Å². The fourth-order valence-electron chi connectivity index (χ4n) is 3.16. The SMILES string of the molecule is CC(C)=CCCC(C)CN1CCN(Cc2ccccc2)CC1. The van der Waals surface area contributed by atoms with E-state index in [1.807, 2.05) is 0 Å². The topological polar surface area (TPSA) is 6.48 Å². The van der Waals surface area contributed by atoms with Crippen LogP contribution in [0.15, 0.2) is 42.0 Å². The van der Waals surface area contributed by atoms with Crippen LogP contribution in [0.1, 0.15) is 39.2 Å². The maximum Gasteiger partial charge on any atom is 0.0234 e. The molecule has 122 valence electrons. The fourth-order valence-corrected chi connectivity index (χ4v) is 3.16. The first-order valence-electron chi connectivity index (χ1n) is 8.75. The van der Waals surface area contributed by atoms with Crippen molar-refractivity contribution in [1.29, 1.82) is 0 Å². The molecule has 0 aliphatic carbocycles. The summed E-state index contributed by atoms with van der Waals surface area (Å²) in [4.78, 5) is 5.23. The van der Waals surface area contributed by atoms with Crippen molar-refractivity contribution in [3.63, 3.8) is 0 Å². The second-order valence-electron chi connectivity index (χ2n) is 7.03. The maximum absolute atomic E-state index is 2.65. The highest BCUT2D eigenvalue weighted by Gasteiger charge is 2.18. The minimum absolute atomic E-state index is 0.802. The van der Waals surface area contributed by atoms with E-state index < -0.39 is 0 Å². The third kappa shape index (κ3) is 6.33. The first-order chi connectivity index (χ1) is 10.6. The van der Waals surface area contributed by atoms with Gasteiger partial charge in [-0.1, -0.05) is 48.9 Å². The second-order valence-corrected chi connectivity index (χ2v) is 7.03. The molecule has 2 nitrogen and oxygen atoms in total. The molecule has 2 heteroatoms.